The molecule has 6 fully saturated rings. The molecule has 0 aromatic rings. The number of ether oxygens (including phenoxy) is 4. The van der Waals surface area contributed by atoms with Gasteiger partial charge in [-0.2, -0.15) is 0 Å². The molecule has 11 heteroatoms. The first-order valence-electron chi connectivity index (χ1n) is 16.4. The lowest BCUT2D eigenvalue weighted by atomic mass is 9.42. The van der Waals surface area contributed by atoms with Gasteiger partial charge in [-0.1, -0.05) is 34.6 Å². The third-order valence-corrected chi connectivity index (χ3v) is 13.9. The van der Waals surface area contributed by atoms with Crippen molar-refractivity contribution in [3.8, 4) is 0 Å². The number of carbonyl (C=O) groups is 4. The predicted octanol–water partition coefficient (Wildman–Crippen LogP) is 1.94. The van der Waals surface area contributed by atoms with E-state index in [9.17, 15) is 34.5 Å². The normalized spacial score (nSPS) is 55.6. The van der Waals surface area contributed by atoms with Gasteiger partial charge in [-0.3, -0.25) is 14.4 Å². The summed E-state index contributed by atoms with van der Waals surface area (Å²) < 4.78 is 23.9. The number of allylic oxidation sites excluding steroid dienone is 1. The molecule has 0 unspecified atom stereocenters. The molecule has 45 heavy (non-hydrogen) atoms. The van der Waals surface area contributed by atoms with Crippen LogP contribution in [0.4, 0.5) is 0 Å². The highest BCUT2D eigenvalue weighted by Crippen LogP contribution is 2.75. The molecular weight excluding hydrogens is 584 g/mol. The molecule has 0 amide bonds. The topological polar surface area (TPSA) is 169 Å². The van der Waals surface area contributed by atoms with E-state index in [1.165, 1.54) is 13.8 Å². The number of aliphatic hydroxyl groups is 3. The van der Waals surface area contributed by atoms with Crippen LogP contribution >= 0.6 is 0 Å². The van der Waals surface area contributed by atoms with Crippen molar-refractivity contribution in [1.29, 1.82) is 0 Å². The molecule has 2 saturated heterocycles. The third kappa shape index (κ3) is 3.61. The Labute approximate surface area is 263 Å². The third-order valence-electron chi connectivity index (χ3n) is 13.9. The van der Waals surface area contributed by atoms with Crippen molar-refractivity contribution in [2.45, 2.75) is 110 Å². The van der Waals surface area contributed by atoms with E-state index in [1.54, 1.807) is 20.8 Å². The van der Waals surface area contributed by atoms with E-state index in [2.05, 4.69) is 0 Å². The zero-order valence-corrected chi connectivity index (χ0v) is 27.2. The van der Waals surface area contributed by atoms with Crippen molar-refractivity contribution in [3.05, 3.63) is 11.8 Å². The number of esters is 3. The van der Waals surface area contributed by atoms with E-state index in [0.717, 1.165) is 0 Å². The lowest BCUT2D eigenvalue weighted by Crippen LogP contribution is -2.70. The summed E-state index contributed by atoms with van der Waals surface area (Å²) in [5.41, 5.74) is -5.26. The lowest BCUT2D eigenvalue weighted by molar-refractivity contribution is -0.231. The zero-order valence-electron chi connectivity index (χ0n) is 27.2. The van der Waals surface area contributed by atoms with Gasteiger partial charge in [0.25, 0.3) is 0 Å². The van der Waals surface area contributed by atoms with Gasteiger partial charge >= 0.3 is 17.9 Å². The minimum absolute atomic E-state index is 0.212. The van der Waals surface area contributed by atoms with Crippen LogP contribution in [0.5, 0.6) is 0 Å². The largest absolute Gasteiger partial charge is 0.462 e. The second-order valence-corrected chi connectivity index (χ2v) is 16.2. The lowest BCUT2D eigenvalue weighted by Gasteiger charge is -2.63. The smallest absolute Gasteiger partial charge is 0.343 e. The number of epoxide rings is 1. The van der Waals surface area contributed by atoms with Crippen LogP contribution in [0.1, 0.15) is 68.2 Å². The molecule has 7 aliphatic rings. The Morgan fingerprint density at radius 3 is 2.29 bits per heavy atom. The van der Waals surface area contributed by atoms with Crippen LogP contribution in [0.15, 0.2) is 11.8 Å². The number of fused-ring (bicyclic) bond motifs is 10. The summed E-state index contributed by atoms with van der Waals surface area (Å²) in [6, 6.07) is 0. The summed E-state index contributed by atoms with van der Waals surface area (Å²) in [4.78, 5) is 53.2. The zero-order chi connectivity index (χ0) is 32.9. The highest BCUT2D eigenvalue weighted by molar-refractivity contribution is 5.88. The predicted molar refractivity (Wildman–Crippen MR) is 154 cm³/mol. The van der Waals surface area contributed by atoms with Crippen LogP contribution in [0.2, 0.25) is 0 Å². The fraction of sp³-hybridized carbons (Fsp3) is 0.824. The standard InChI is InChI=1S/C34H46O11/c1-12(2)29(39)45-28-26-17(43-26)10-16-24(37)25(38)20-15(31(16,28)5)11-18(36)32(6)21-13(3)9-19-33(7,34(8,41)30(40)44-19)23(21)27(22(20)32)42-14(4)35/h9,12-13,15-18,20-23,25-28,36,38,41H,10-11H2,1-8H3/t13-,15+,16-,17+,18+,20-,21+,22-,23+,25-,26+,27-,28+,31-,32-,33+,34-/m1/s1. The number of hydrogen-bond acceptors (Lipinski definition) is 11. The van der Waals surface area contributed by atoms with Crippen LogP contribution in [0.25, 0.3) is 0 Å². The quantitative estimate of drug-likeness (QED) is 0.237. The highest BCUT2D eigenvalue weighted by Gasteiger charge is 2.81. The molecule has 4 saturated carbocycles. The number of aliphatic hydroxyl groups excluding tert-OH is 2. The van der Waals surface area contributed by atoms with Gasteiger partial charge in [0.15, 0.2) is 11.4 Å². The molecule has 0 spiro atoms. The molecule has 0 bridgehead atoms. The number of hydrogen-bond donors (Lipinski definition) is 3. The first-order valence-corrected chi connectivity index (χ1v) is 16.4. The van der Waals surface area contributed by atoms with Gasteiger partial charge in [-0.15, -0.1) is 0 Å². The van der Waals surface area contributed by atoms with Crippen molar-refractivity contribution in [2.75, 3.05) is 0 Å². The molecule has 5 aliphatic carbocycles. The summed E-state index contributed by atoms with van der Waals surface area (Å²) in [7, 11) is 0. The van der Waals surface area contributed by atoms with Gasteiger partial charge in [-0.05, 0) is 50.5 Å². The Morgan fingerprint density at radius 1 is 1.00 bits per heavy atom. The number of Topliss-reactive ketones (excluding diaryl/α,β-unsaturated/α-hetero) is 1. The Kier molecular flexibility index (Phi) is 6.52. The van der Waals surface area contributed by atoms with Crippen molar-refractivity contribution >= 4 is 23.7 Å². The SMILES string of the molecule is CC(=O)O[C@@H]1[C@H]2[C@@H]3[C@@H](O)C(=O)[C@H]4C[C@@H]5O[C@@H]5[C@H](OC(=O)C(C)C)[C@]4(C)[C@H]3C[C@H](O)[C@]2(C)[C@@H]2[C@@H]1[C@]1(C)C(=C[C@H]2C)OC(=O)[C@@]1(C)O. The summed E-state index contributed by atoms with van der Waals surface area (Å²) in [5, 5.41) is 36.1. The summed E-state index contributed by atoms with van der Waals surface area (Å²) in [6.07, 6.45) is -2.37. The molecule has 7 rings (SSSR count). The highest BCUT2D eigenvalue weighted by atomic mass is 16.6. The van der Waals surface area contributed by atoms with Crippen LogP contribution < -0.4 is 0 Å². The molecular formula is C34H46O11. The van der Waals surface area contributed by atoms with Crippen LogP contribution in [0, 0.1) is 63.6 Å². The van der Waals surface area contributed by atoms with Gasteiger partial charge in [0, 0.05) is 41.4 Å². The molecule has 0 aromatic carbocycles. The maximum atomic E-state index is 14.3. The Hall–Kier alpha value is -2.34. The first-order chi connectivity index (χ1) is 20.8. The van der Waals surface area contributed by atoms with Gasteiger partial charge in [-0.25, -0.2) is 4.79 Å². The fourth-order valence-electron chi connectivity index (χ4n) is 11.6. The second-order valence-electron chi connectivity index (χ2n) is 16.2. The minimum Gasteiger partial charge on any atom is -0.462 e. The van der Waals surface area contributed by atoms with Gasteiger partial charge in [0.1, 0.15) is 30.2 Å². The summed E-state index contributed by atoms with van der Waals surface area (Å²) in [5.74, 6) is -6.34. The average Bonchev–Trinajstić information content (AvgIpc) is 3.63. The monoisotopic (exact) mass is 630 g/mol. The average molecular weight is 631 g/mol. The minimum atomic E-state index is -1.97. The van der Waals surface area contributed by atoms with Crippen molar-refractivity contribution in [2.24, 2.45) is 63.6 Å². The Bertz CT molecular complexity index is 1400. The van der Waals surface area contributed by atoms with Crippen molar-refractivity contribution < 1.29 is 53.4 Å². The van der Waals surface area contributed by atoms with Crippen molar-refractivity contribution in [3.63, 3.8) is 0 Å². The van der Waals surface area contributed by atoms with E-state index in [0.29, 0.717) is 12.2 Å². The first kappa shape index (κ1) is 31.3. The van der Waals surface area contributed by atoms with E-state index in [1.807, 2.05) is 26.8 Å². The van der Waals surface area contributed by atoms with Gasteiger partial charge in [0.2, 0.25) is 0 Å². The molecule has 17 atom stereocenters. The van der Waals surface area contributed by atoms with E-state index in [-0.39, 0.29) is 30.3 Å². The number of carbonyl (C=O) groups excluding carboxylic acids is 4. The van der Waals surface area contributed by atoms with Crippen molar-refractivity contribution in [1.82, 2.24) is 0 Å². The second kappa shape index (κ2) is 9.39. The fourth-order valence-corrected chi connectivity index (χ4v) is 11.6. The molecule has 3 N–H and O–H groups in total. The maximum Gasteiger partial charge on any atom is 0.343 e. The molecule has 0 radical (unpaired) electrons. The van der Waals surface area contributed by atoms with E-state index < -0.39 is 106 Å². The maximum absolute atomic E-state index is 14.3. The number of ketones is 1. The molecule has 2 aliphatic heterocycles. The summed E-state index contributed by atoms with van der Waals surface area (Å²) >= 11 is 0. The molecule has 248 valence electrons. The number of rotatable bonds is 3. The van der Waals surface area contributed by atoms with Gasteiger partial charge in [0.05, 0.1) is 23.5 Å². The van der Waals surface area contributed by atoms with Gasteiger partial charge < -0.3 is 34.3 Å². The van der Waals surface area contributed by atoms with Crippen LogP contribution in [-0.4, -0.2) is 81.2 Å². The Balaban J connectivity index is 1.41. The summed E-state index contributed by atoms with van der Waals surface area (Å²) in [6.45, 7) is 13.7. The molecule has 2 heterocycles. The molecule has 0 aromatic heterocycles. The Morgan fingerprint density at radius 2 is 1.67 bits per heavy atom. The van der Waals surface area contributed by atoms with Crippen LogP contribution in [0.3, 0.4) is 0 Å². The van der Waals surface area contributed by atoms with E-state index >= 15 is 0 Å². The molecule has 11 nitrogen and oxygen atoms in total. The van der Waals surface area contributed by atoms with Crippen LogP contribution in [-0.2, 0) is 38.1 Å². The van der Waals surface area contributed by atoms with E-state index in [4.69, 9.17) is 18.9 Å².